The number of aliphatic hydroxyl groups is 1. The first-order valence-electron chi connectivity index (χ1n) is 9.51. The maximum atomic E-state index is 12.2. The van der Waals surface area contributed by atoms with E-state index in [4.69, 9.17) is 8.92 Å². The second-order valence-corrected chi connectivity index (χ2v) is 8.77. The Morgan fingerprint density at radius 1 is 1.07 bits per heavy atom. The summed E-state index contributed by atoms with van der Waals surface area (Å²) < 4.78 is 34.4. The Labute approximate surface area is 163 Å². The third-order valence-corrected chi connectivity index (χ3v) is 5.49. The zero-order chi connectivity index (χ0) is 20.3. The molecule has 0 heterocycles. The van der Waals surface area contributed by atoms with Gasteiger partial charge in [0.15, 0.2) is 0 Å². The van der Waals surface area contributed by atoms with E-state index in [1.54, 1.807) is 12.1 Å². The largest absolute Gasteiger partial charge is 0.463 e. The summed E-state index contributed by atoms with van der Waals surface area (Å²) in [6.07, 6.45) is 4.30. The average molecular weight is 401 g/mol. The number of aryl methyl sites for hydroxylation is 1. The number of aliphatic hydroxyl groups excluding tert-OH is 1. The lowest BCUT2D eigenvalue weighted by molar-refractivity contribution is -0.146. The summed E-state index contributed by atoms with van der Waals surface area (Å²) in [4.78, 5) is 11.8. The molecular formula is C20H32O6S. The molecule has 0 saturated carbocycles. The number of ether oxygens (including phenoxy) is 1. The fraction of sp³-hybridized carbons (Fsp3) is 0.650. The molecule has 0 spiro atoms. The molecule has 154 valence electrons. The number of hydrogen-bond donors (Lipinski definition) is 1. The molecule has 1 N–H and O–H groups in total. The van der Waals surface area contributed by atoms with Crippen molar-refractivity contribution in [3.8, 4) is 0 Å². The van der Waals surface area contributed by atoms with Gasteiger partial charge in [-0.15, -0.1) is 0 Å². The Hall–Kier alpha value is -1.44. The van der Waals surface area contributed by atoms with Crippen LogP contribution in [0.15, 0.2) is 29.2 Å². The van der Waals surface area contributed by atoms with Crippen molar-refractivity contribution < 1.29 is 27.2 Å². The smallest absolute Gasteiger partial charge is 0.305 e. The minimum atomic E-state index is -4.02. The summed E-state index contributed by atoms with van der Waals surface area (Å²) in [5.41, 5.74) is 0.922. The van der Waals surface area contributed by atoms with E-state index in [2.05, 4.69) is 13.8 Å². The fourth-order valence-electron chi connectivity index (χ4n) is 2.48. The first-order chi connectivity index (χ1) is 12.7. The highest BCUT2D eigenvalue weighted by Crippen LogP contribution is 2.16. The fourth-order valence-corrected chi connectivity index (χ4v) is 3.54. The van der Waals surface area contributed by atoms with Crippen molar-refractivity contribution in [3.05, 3.63) is 29.8 Å². The van der Waals surface area contributed by atoms with Crippen LogP contribution in [0.4, 0.5) is 0 Å². The van der Waals surface area contributed by atoms with Gasteiger partial charge in [-0.1, -0.05) is 57.2 Å². The SMILES string of the molecule is Cc1ccc(S(=O)(=O)OC(CO)COC(=O)CCCCCCC(C)C)cc1. The molecule has 1 aromatic rings. The lowest BCUT2D eigenvalue weighted by atomic mass is 10.0. The Bertz CT molecular complexity index is 652. The van der Waals surface area contributed by atoms with E-state index in [0.717, 1.165) is 31.2 Å². The number of carbonyl (C=O) groups excluding carboxylic acids is 1. The summed E-state index contributed by atoms with van der Waals surface area (Å²) in [7, 11) is -4.02. The Morgan fingerprint density at radius 3 is 2.30 bits per heavy atom. The van der Waals surface area contributed by atoms with E-state index in [-0.39, 0.29) is 17.9 Å². The second-order valence-electron chi connectivity index (χ2n) is 7.20. The van der Waals surface area contributed by atoms with Crippen LogP contribution < -0.4 is 0 Å². The van der Waals surface area contributed by atoms with Crippen molar-refractivity contribution in [1.82, 2.24) is 0 Å². The van der Waals surface area contributed by atoms with Crippen LogP contribution in [0.5, 0.6) is 0 Å². The van der Waals surface area contributed by atoms with E-state index in [0.29, 0.717) is 5.92 Å². The summed E-state index contributed by atoms with van der Waals surface area (Å²) in [6, 6.07) is 6.19. The van der Waals surface area contributed by atoms with Gasteiger partial charge < -0.3 is 9.84 Å². The normalized spacial score (nSPS) is 12.9. The molecule has 27 heavy (non-hydrogen) atoms. The summed E-state index contributed by atoms with van der Waals surface area (Å²) in [5.74, 6) is 0.287. The highest BCUT2D eigenvalue weighted by molar-refractivity contribution is 7.86. The zero-order valence-corrected chi connectivity index (χ0v) is 17.3. The molecule has 0 aromatic heterocycles. The molecule has 0 aliphatic carbocycles. The van der Waals surface area contributed by atoms with Crippen LogP contribution >= 0.6 is 0 Å². The van der Waals surface area contributed by atoms with Gasteiger partial charge in [0.1, 0.15) is 12.7 Å². The van der Waals surface area contributed by atoms with Gasteiger partial charge >= 0.3 is 5.97 Å². The van der Waals surface area contributed by atoms with Crippen LogP contribution in [0.2, 0.25) is 0 Å². The average Bonchev–Trinajstić information content (AvgIpc) is 2.61. The third-order valence-electron chi connectivity index (χ3n) is 4.12. The molecule has 1 unspecified atom stereocenters. The third kappa shape index (κ3) is 9.89. The van der Waals surface area contributed by atoms with Crippen molar-refractivity contribution in [2.75, 3.05) is 13.2 Å². The lowest BCUT2D eigenvalue weighted by Crippen LogP contribution is -2.28. The highest BCUT2D eigenvalue weighted by Gasteiger charge is 2.22. The molecule has 7 heteroatoms. The van der Waals surface area contributed by atoms with Crippen molar-refractivity contribution in [2.24, 2.45) is 5.92 Å². The molecule has 0 radical (unpaired) electrons. The van der Waals surface area contributed by atoms with E-state index in [9.17, 15) is 18.3 Å². The van der Waals surface area contributed by atoms with Gasteiger partial charge in [-0.3, -0.25) is 8.98 Å². The summed E-state index contributed by atoms with van der Waals surface area (Å²) in [6.45, 7) is 5.37. The first-order valence-corrected chi connectivity index (χ1v) is 10.9. The zero-order valence-electron chi connectivity index (χ0n) is 16.5. The van der Waals surface area contributed by atoms with Gasteiger partial charge in [0.25, 0.3) is 10.1 Å². The van der Waals surface area contributed by atoms with Gasteiger partial charge in [0.2, 0.25) is 0 Å². The van der Waals surface area contributed by atoms with Crippen LogP contribution in [-0.4, -0.2) is 38.8 Å². The molecule has 0 saturated heterocycles. The topological polar surface area (TPSA) is 89.9 Å². The number of hydrogen-bond acceptors (Lipinski definition) is 6. The molecule has 1 rings (SSSR count). The Balaban J connectivity index is 2.34. The van der Waals surface area contributed by atoms with Crippen molar-refractivity contribution >= 4 is 16.1 Å². The molecular weight excluding hydrogens is 368 g/mol. The van der Waals surface area contributed by atoms with Crippen molar-refractivity contribution in [2.45, 2.75) is 70.3 Å². The van der Waals surface area contributed by atoms with E-state index >= 15 is 0 Å². The second kappa shape index (κ2) is 12.1. The van der Waals surface area contributed by atoms with Crippen LogP contribution in [0.25, 0.3) is 0 Å². The van der Waals surface area contributed by atoms with Crippen molar-refractivity contribution in [3.63, 3.8) is 0 Å². The maximum absolute atomic E-state index is 12.2. The molecule has 0 amide bonds. The molecule has 0 fully saturated rings. The number of unbranched alkanes of at least 4 members (excludes halogenated alkanes) is 3. The van der Waals surface area contributed by atoms with E-state index in [1.807, 2.05) is 6.92 Å². The number of esters is 1. The monoisotopic (exact) mass is 400 g/mol. The predicted molar refractivity (Wildman–Crippen MR) is 104 cm³/mol. The number of benzene rings is 1. The minimum Gasteiger partial charge on any atom is -0.463 e. The molecule has 1 aromatic carbocycles. The number of carbonyl (C=O) groups is 1. The molecule has 6 nitrogen and oxygen atoms in total. The van der Waals surface area contributed by atoms with Crippen LogP contribution in [0, 0.1) is 12.8 Å². The van der Waals surface area contributed by atoms with Gasteiger partial charge in [0.05, 0.1) is 11.5 Å². The predicted octanol–water partition coefficient (Wildman–Crippen LogP) is 3.60. The molecule has 0 aliphatic heterocycles. The van der Waals surface area contributed by atoms with Gasteiger partial charge in [-0.25, -0.2) is 0 Å². The van der Waals surface area contributed by atoms with Crippen LogP contribution in [0.1, 0.15) is 57.9 Å². The number of rotatable bonds is 13. The molecule has 1 atom stereocenters. The molecule has 0 bridgehead atoms. The van der Waals surface area contributed by atoms with Gasteiger partial charge in [0, 0.05) is 6.42 Å². The summed E-state index contributed by atoms with van der Waals surface area (Å²) in [5, 5.41) is 9.33. The lowest BCUT2D eigenvalue weighted by Gasteiger charge is -2.15. The molecule has 0 aliphatic rings. The van der Waals surface area contributed by atoms with E-state index < -0.39 is 28.8 Å². The van der Waals surface area contributed by atoms with Gasteiger partial charge in [-0.05, 0) is 31.4 Å². The minimum absolute atomic E-state index is 0.000672. The van der Waals surface area contributed by atoms with Crippen molar-refractivity contribution in [1.29, 1.82) is 0 Å². The van der Waals surface area contributed by atoms with Crippen LogP contribution in [0.3, 0.4) is 0 Å². The van der Waals surface area contributed by atoms with Gasteiger partial charge in [-0.2, -0.15) is 8.42 Å². The first kappa shape index (κ1) is 23.6. The Kier molecular flexibility index (Phi) is 10.6. The Morgan fingerprint density at radius 2 is 1.70 bits per heavy atom. The summed E-state index contributed by atoms with van der Waals surface area (Å²) >= 11 is 0. The van der Waals surface area contributed by atoms with E-state index in [1.165, 1.54) is 18.6 Å². The quantitative estimate of drug-likeness (QED) is 0.309. The standard InChI is InChI=1S/C20H32O6S/c1-16(2)8-6-4-5-7-9-20(22)25-15-18(14-21)26-27(23,24)19-12-10-17(3)11-13-19/h10-13,16,18,21H,4-9,14-15H2,1-3H3. The van der Waals surface area contributed by atoms with Crippen LogP contribution in [-0.2, 0) is 23.8 Å². The highest BCUT2D eigenvalue weighted by atomic mass is 32.2. The maximum Gasteiger partial charge on any atom is 0.305 e.